The maximum absolute atomic E-state index is 12.1. The number of thiazole rings is 1. The number of hydrogen-bond donors (Lipinski definition) is 1. The fourth-order valence-electron chi connectivity index (χ4n) is 2.35. The summed E-state index contributed by atoms with van der Waals surface area (Å²) in [5.74, 6) is 1.15. The molecule has 0 unspecified atom stereocenters. The van der Waals surface area contributed by atoms with Gasteiger partial charge in [0.2, 0.25) is 5.91 Å². The predicted molar refractivity (Wildman–Crippen MR) is 105 cm³/mol. The lowest BCUT2D eigenvalue weighted by Crippen LogP contribution is -2.07. The minimum Gasteiger partial charge on any atom is -0.497 e. The summed E-state index contributed by atoms with van der Waals surface area (Å²) >= 11 is 1.36. The van der Waals surface area contributed by atoms with Crippen LogP contribution < -0.4 is 14.8 Å². The van der Waals surface area contributed by atoms with Crippen LogP contribution in [0.25, 0.3) is 17.3 Å². The molecule has 26 heavy (non-hydrogen) atoms. The molecule has 0 saturated heterocycles. The molecule has 1 aromatic heterocycles. The molecule has 132 valence electrons. The molecule has 0 aliphatic heterocycles. The van der Waals surface area contributed by atoms with Crippen LogP contribution in [-0.2, 0) is 4.79 Å². The third kappa shape index (κ3) is 4.29. The van der Waals surface area contributed by atoms with E-state index in [2.05, 4.69) is 10.3 Å². The second-order valence-corrected chi connectivity index (χ2v) is 6.20. The minimum atomic E-state index is -0.226. The quantitative estimate of drug-likeness (QED) is 0.654. The Balaban J connectivity index is 1.72. The standard InChI is InChI=1S/C20H18N2O3S/c1-24-15-9-10-16(18(12-15)25-2)17-13-26-20(21-17)22-19(23)11-8-14-6-4-3-5-7-14/h3-13H,1-2H3,(H,21,22,23). The zero-order chi connectivity index (χ0) is 18.4. The van der Waals surface area contributed by atoms with Crippen molar-refractivity contribution in [3.63, 3.8) is 0 Å². The van der Waals surface area contributed by atoms with Crippen molar-refractivity contribution in [2.24, 2.45) is 0 Å². The van der Waals surface area contributed by atoms with Crippen molar-refractivity contribution in [2.45, 2.75) is 0 Å². The number of amides is 1. The number of methoxy groups -OCH3 is 2. The van der Waals surface area contributed by atoms with E-state index < -0.39 is 0 Å². The number of ether oxygens (including phenoxy) is 2. The molecule has 2 aromatic carbocycles. The molecule has 0 fully saturated rings. The van der Waals surface area contributed by atoms with E-state index in [4.69, 9.17) is 9.47 Å². The number of aromatic nitrogens is 1. The summed E-state index contributed by atoms with van der Waals surface area (Å²) in [6, 6.07) is 15.2. The summed E-state index contributed by atoms with van der Waals surface area (Å²) in [4.78, 5) is 16.5. The van der Waals surface area contributed by atoms with E-state index in [0.29, 0.717) is 16.6 Å². The maximum Gasteiger partial charge on any atom is 0.250 e. The average Bonchev–Trinajstić information content (AvgIpc) is 3.14. The van der Waals surface area contributed by atoms with E-state index in [1.165, 1.54) is 17.4 Å². The molecule has 3 rings (SSSR count). The van der Waals surface area contributed by atoms with Crippen LogP contribution in [0.5, 0.6) is 11.5 Å². The van der Waals surface area contributed by atoms with Gasteiger partial charge in [-0.25, -0.2) is 4.98 Å². The molecule has 0 saturated carbocycles. The van der Waals surface area contributed by atoms with Gasteiger partial charge >= 0.3 is 0 Å². The lowest BCUT2D eigenvalue weighted by molar-refractivity contribution is -0.111. The Morgan fingerprint density at radius 3 is 2.65 bits per heavy atom. The van der Waals surface area contributed by atoms with Crippen LogP contribution in [-0.4, -0.2) is 25.1 Å². The monoisotopic (exact) mass is 366 g/mol. The summed E-state index contributed by atoms with van der Waals surface area (Å²) in [6.45, 7) is 0. The molecule has 6 heteroatoms. The lowest BCUT2D eigenvalue weighted by Gasteiger charge is -2.08. The molecule has 0 aliphatic rings. The van der Waals surface area contributed by atoms with Gasteiger partial charge in [0, 0.05) is 23.1 Å². The smallest absolute Gasteiger partial charge is 0.250 e. The highest BCUT2D eigenvalue weighted by Gasteiger charge is 2.12. The first-order valence-corrected chi connectivity index (χ1v) is 8.79. The van der Waals surface area contributed by atoms with Gasteiger partial charge < -0.3 is 9.47 Å². The Bertz CT molecular complexity index is 920. The first-order valence-electron chi connectivity index (χ1n) is 7.91. The molecule has 0 atom stereocenters. The van der Waals surface area contributed by atoms with Gasteiger partial charge in [-0.1, -0.05) is 30.3 Å². The Kier molecular flexibility index (Phi) is 5.66. The fourth-order valence-corrected chi connectivity index (χ4v) is 3.06. The zero-order valence-electron chi connectivity index (χ0n) is 14.4. The van der Waals surface area contributed by atoms with Crippen LogP contribution in [0.4, 0.5) is 5.13 Å². The number of carbonyl (C=O) groups is 1. The van der Waals surface area contributed by atoms with Gasteiger partial charge in [-0.2, -0.15) is 0 Å². The highest BCUT2D eigenvalue weighted by Crippen LogP contribution is 2.34. The zero-order valence-corrected chi connectivity index (χ0v) is 15.2. The SMILES string of the molecule is COc1ccc(-c2csc(NC(=O)C=Cc3ccccc3)n2)c(OC)c1. The summed E-state index contributed by atoms with van der Waals surface area (Å²) in [5, 5.41) is 5.18. The molecule has 0 bridgehead atoms. The largest absolute Gasteiger partial charge is 0.497 e. The van der Waals surface area contributed by atoms with E-state index in [9.17, 15) is 4.79 Å². The fraction of sp³-hybridized carbons (Fsp3) is 0.100. The Labute approximate surface area is 155 Å². The highest BCUT2D eigenvalue weighted by atomic mass is 32.1. The number of nitrogens with one attached hydrogen (secondary N) is 1. The Morgan fingerprint density at radius 2 is 1.92 bits per heavy atom. The second-order valence-electron chi connectivity index (χ2n) is 5.34. The predicted octanol–water partition coefficient (Wildman–Crippen LogP) is 4.48. The van der Waals surface area contributed by atoms with Gasteiger partial charge in [0.25, 0.3) is 0 Å². The van der Waals surface area contributed by atoms with Crippen molar-refractivity contribution in [3.05, 3.63) is 65.6 Å². The van der Waals surface area contributed by atoms with Gasteiger partial charge in [-0.05, 0) is 23.8 Å². The van der Waals surface area contributed by atoms with Crippen LogP contribution in [0.1, 0.15) is 5.56 Å². The van der Waals surface area contributed by atoms with Crippen LogP contribution >= 0.6 is 11.3 Å². The van der Waals surface area contributed by atoms with E-state index in [1.807, 2.05) is 47.8 Å². The van der Waals surface area contributed by atoms with Crippen molar-refractivity contribution in [1.29, 1.82) is 0 Å². The molecular weight excluding hydrogens is 348 g/mol. The number of hydrogen-bond acceptors (Lipinski definition) is 5. The van der Waals surface area contributed by atoms with Crippen molar-refractivity contribution >= 4 is 28.5 Å². The first-order chi connectivity index (χ1) is 12.7. The van der Waals surface area contributed by atoms with Gasteiger partial charge in [0.15, 0.2) is 5.13 Å². The van der Waals surface area contributed by atoms with Crippen LogP contribution in [0.3, 0.4) is 0 Å². The summed E-state index contributed by atoms with van der Waals surface area (Å²) < 4.78 is 10.6. The Morgan fingerprint density at radius 1 is 1.12 bits per heavy atom. The molecule has 5 nitrogen and oxygen atoms in total. The first kappa shape index (κ1) is 17.7. The van der Waals surface area contributed by atoms with E-state index >= 15 is 0 Å². The second kappa shape index (κ2) is 8.31. The Hall–Kier alpha value is -3.12. The number of nitrogens with zero attached hydrogens (tertiary/aromatic N) is 1. The van der Waals surface area contributed by atoms with E-state index in [-0.39, 0.29) is 5.91 Å². The molecule has 0 aliphatic carbocycles. The molecule has 0 radical (unpaired) electrons. The highest BCUT2D eigenvalue weighted by molar-refractivity contribution is 7.14. The number of benzene rings is 2. The van der Waals surface area contributed by atoms with Crippen molar-refractivity contribution in [2.75, 3.05) is 19.5 Å². The number of rotatable bonds is 6. The van der Waals surface area contributed by atoms with Gasteiger partial charge in [0.1, 0.15) is 11.5 Å². The van der Waals surface area contributed by atoms with E-state index in [0.717, 1.165) is 16.8 Å². The molecule has 1 amide bonds. The number of carbonyl (C=O) groups excluding carboxylic acids is 1. The molecule has 0 spiro atoms. The molecule has 3 aromatic rings. The van der Waals surface area contributed by atoms with Crippen LogP contribution in [0.15, 0.2) is 60.0 Å². The minimum absolute atomic E-state index is 0.226. The molecular formula is C20H18N2O3S. The van der Waals surface area contributed by atoms with Crippen molar-refractivity contribution < 1.29 is 14.3 Å². The summed E-state index contributed by atoms with van der Waals surface area (Å²) in [5.41, 5.74) is 2.53. The lowest BCUT2D eigenvalue weighted by atomic mass is 10.1. The van der Waals surface area contributed by atoms with Gasteiger partial charge in [-0.3, -0.25) is 10.1 Å². The molecule has 1 N–H and O–H groups in total. The number of anilines is 1. The maximum atomic E-state index is 12.1. The van der Waals surface area contributed by atoms with E-state index in [1.54, 1.807) is 26.4 Å². The molecule has 1 heterocycles. The van der Waals surface area contributed by atoms with Crippen LogP contribution in [0, 0.1) is 0 Å². The van der Waals surface area contributed by atoms with Crippen molar-refractivity contribution in [3.8, 4) is 22.8 Å². The van der Waals surface area contributed by atoms with Crippen molar-refractivity contribution in [1.82, 2.24) is 4.98 Å². The normalized spacial score (nSPS) is 10.7. The summed E-state index contributed by atoms with van der Waals surface area (Å²) in [6.07, 6.45) is 3.25. The third-order valence-corrected chi connectivity index (χ3v) is 4.40. The third-order valence-electron chi connectivity index (χ3n) is 3.65. The summed E-state index contributed by atoms with van der Waals surface area (Å²) in [7, 11) is 3.20. The van der Waals surface area contributed by atoms with Gasteiger partial charge in [-0.15, -0.1) is 11.3 Å². The topological polar surface area (TPSA) is 60.5 Å². The average molecular weight is 366 g/mol. The van der Waals surface area contributed by atoms with Gasteiger partial charge in [0.05, 0.1) is 19.9 Å². The van der Waals surface area contributed by atoms with Crippen LogP contribution in [0.2, 0.25) is 0 Å².